The van der Waals surface area contributed by atoms with Crippen LogP contribution < -0.4 is 5.32 Å². The molecule has 2 aliphatic rings. The molecule has 2 aromatic rings. The smallest absolute Gasteiger partial charge is 0.251 e. The number of carbonyl (C=O) groups is 1. The number of amides is 1. The highest BCUT2D eigenvalue weighted by atomic mass is 16.1. The van der Waals surface area contributed by atoms with E-state index in [1.807, 2.05) is 30.5 Å². The Morgan fingerprint density at radius 3 is 2.95 bits per heavy atom. The minimum absolute atomic E-state index is 0.0572. The van der Waals surface area contributed by atoms with Crippen LogP contribution in [0.3, 0.4) is 0 Å². The van der Waals surface area contributed by atoms with Crippen LogP contribution in [-0.4, -0.2) is 16.9 Å². The van der Waals surface area contributed by atoms with Gasteiger partial charge in [-0.05, 0) is 67.5 Å². The highest BCUT2D eigenvalue weighted by Gasteiger charge is 2.42. The van der Waals surface area contributed by atoms with E-state index in [9.17, 15) is 4.79 Å². The average Bonchev–Trinajstić information content (AvgIpc) is 3.21. The van der Waals surface area contributed by atoms with Crippen LogP contribution in [0.1, 0.15) is 43.0 Å². The lowest BCUT2D eigenvalue weighted by molar-refractivity contribution is 0.0915. The van der Waals surface area contributed by atoms with E-state index in [0.29, 0.717) is 5.92 Å². The van der Waals surface area contributed by atoms with E-state index < -0.39 is 0 Å². The average molecular weight is 282 g/mol. The van der Waals surface area contributed by atoms with Crippen molar-refractivity contribution >= 4 is 16.8 Å². The van der Waals surface area contributed by atoms with Crippen molar-refractivity contribution in [1.82, 2.24) is 10.3 Å². The summed E-state index contributed by atoms with van der Waals surface area (Å²) in [6.07, 6.45) is 7.38. The van der Waals surface area contributed by atoms with Crippen LogP contribution in [0.25, 0.3) is 10.9 Å². The van der Waals surface area contributed by atoms with Gasteiger partial charge in [0.2, 0.25) is 0 Å². The van der Waals surface area contributed by atoms with Gasteiger partial charge in [0.1, 0.15) is 0 Å². The maximum absolute atomic E-state index is 12.5. The number of carbonyl (C=O) groups excluding carboxylic acids is 1. The summed E-state index contributed by atoms with van der Waals surface area (Å²) in [5, 5.41) is 4.37. The van der Waals surface area contributed by atoms with E-state index in [2.05, 4.69) is 17.2 Å². The first-order chi connectivity index (χ1) is 10.2. The standard InChI is InChI=1S/C18H22N2O/c1-11(16-9-12-2-3-14(16)8-12)20-18(21)15-5-4-13-6-7-19-17(13)10-15/h4-7,10-12,14,16,19H,2-3,8-9H2,1H3,(H,20,21). The van der Waals surface area contributed by atoms with Crippen LogP contribution in [0.4, 0.5) is 0 Å². The van der Waals surface area contributed by atoms with Crippen LogP contribution in [0.15, 0.2) is 30.5 Å². The molecule has 4 rings (SSSR count). The summed E-state index contributed by atoms with van der Waals surface area (Å²) in [5.74, 6) is 2.51. The fraction of sp³-hybridized carbons (Fsp3) is 0.500. The molecule has 2 N–H and O–H groups in total. The molecule has 3 nitrogen and oxygen atoms in total. The molecule has 4 atom stereocenters. The highest BCUT2D eigenvalue weighted by molar-refractivity contribution is 5.98. The van der Waals surface area contributed by atoms with Crippen LogP contribution in [0.5, 0.6) is 0 Å². The van der Waals surface area contributed by atoms with E-state index in [4.69, 9.17) is 0 Å². The van der Waals surface area contributed by atoms with Crippen molar-refractivity contribution in [2.45, 2.75) is 38.6 Å². The van der Waals surface area contributed by atoms with Crippen LogP contribution in [0.2, 0.25) is 0 Å². The normalized spacial score (nSPS) is 28.9. The zero-order chi connectivity index (χ0) is 14.4. The number of hydrogen-bond acceptors (Lipinski definition) is 1. The van der Waals surface area contributed by atoms with Crippen molar-refractivity contribution in [1.29, 1.82) is 0 Å². The Hall–Kier alpha value is -1.77. The van der Waals surface area contributed by atoms with Crippen molar-refractivity contribution < 1.29 is 4.79 Å². The molecule has 1 heterocycles. The fourth-order valence-corrected chi connectivity index (χ4v) is 4.49. The predicted octanol–water partition coefficient (Wildman–Crippen LogP) is 3.72. The second kappa shape index (κ2) is 4.90. The monoisotopic (exact) mass is 282 g/mol. The summed E-state index contributed by atoms with van der Waals surface area (Å²) in [7, 11) is 0. The van der Waals surface area contributed by atoms with Crippen molar-refractivity contribution in [2.24, 2.45) is 17.8 Å². The topological polar surface area (TPSA) is 44.9 Å². The maximum atomic E-state index is 12.5. The number of nitrogens with one attached hydrogen (secondary N) is 2. The minimum Gasteiger partial charge on any atom is -0.361 e. The Balaban J connectivity index is 1.47. The molecule has 0 spiro atoms. The summed E-state index contributed by atoms with van der Waals surface area (Å²) in [4.78, 5) is 15.6. The van der Waals surface area contributed by atoms with Crippen LogP contribution in [-0.2, 0) is 0 Å². The van der Waals surface area contributed by atoms with Crippen molar-refractivity contribution in [3.63, 3.8) is 0 Å². The van der Waals surface area contributed by atoms with Gasteiger partial charge in [0.05, 0.1) is 0 Å². The molecular formula is C18H22N2O. The first kappa shape index (κ1) is 12.9. The predicted molar refractivity (Wildman–Crippen MR) is 84.2 cm³/mol. The Morgan fingerprint density at radius 2 is 2.19 bits per heavy atom. The van der Waals surface area contributed by atoms with Gasteiger partial charge in [0.25, 0.3) is 5.91 Å². The van der Waals surface area contributed by atoms with Crippen molar-refractivity contribution in [2.75, 3.05) is 0 Å². The number of benzene rings is 1. The van der Waals surface area contributed by atoms with E-state index in [0.717, 1.165) is 28.3 Å². The molecule has 21 heavy (non-hydrogen) atoms. The van der Waals surface area contributed by atoms with Gasteiger partial charge in [-0.2, -0.15) is 0 Å². The molecule has 0 saturated heterocycles. The van der Waals surface area contributed by atoms with Gasteiger partial charge in [-0.1, -0.05) is 12.5 Å². The number of hydrogen-bond donors (Lipinski definition) is 2. The molecule has 2 fully saturated rings. The Labute approximate surface area is 125 Å². The summed E-state index contributed by atoms with van der Waals surface area (Å²) < 4.78 is 0. The van der Waals surface area contributed by atoms with Gasteiger partial charge in [0, 0.05) is 23.3 Å². The largest absolute Gasteiger partial charge is 0.361 e. The van der Waals surface area contributed by atoms with E-state index >= 15 is 0 Å². The first-order valence-corrected chi connectivity index (χ1v) is 8.09. The molecule has 2 saturated carbocycles. The van der Waals surface area contributed by atoms with Gasteiger partial charge in [-0.15, -0.1) is 0 Å². The third-order valence-electron chi connectivity index (χ3n) is 5.61. The van der Waals surface area contributed by atoms with Gasteiger partial charge >= 0.3 is 0 Å². The van der Waals surface area contributed by atoms with E-state index in [1.165, 1.54) is 25.7 Å². The van der Waals surface area contributed by atoms with Gasteiger partial charge in [-0.25, -0.2) is 0 Å². The van der Waals surface area contributed by atoms with Gasteiger partial charge in [-0.3, -0.25) is 4.79 Å². The zero-order valence-electron chi connectivity index (χ0n) is 12.4. The van der Waals surface area contributed by atoms with E-state index in [1.54, 1.807) is 0 Å². The Morgan fingerprint density at radius 1 is 1.29 bits per heavy atom. The lowest BCUT2D eigenvalue weighted by Crippen LogP contribution is -2.40. The molecule has 2 aliphatic carbocycles. The third-order valence-corrected chi connectivity index (χ3v) is 5.61. The molecule has 1 amide bonds. The second-order valence-corrected chi connectivity index (χ2v) is 6.88. The van der Waals surface area contributed by atoms with E-state index in [-0.39, 0.29) is 11.9 Å². The van der Waals surface area contributed by atoms with Crippen molar-refractivity contribution in [3.8, 4) is 0 Å². The molecule has 4 unspecified atom stereocenters. The van der Waals surface area contributed by atoms with Gasteiger partial charge < -0.3 is 10.3 Å². The number of rotatable bonds is 3. The second-order valence-electron chi connectivity index (χ2n) is 6.88. The first-order valence-electron chi connectivity index (χ1n) is 8.09. The zero-order valence-corrected chi connectivity index (χ0v) is 12.4. The Bertz CT molecular complexity index is 675. The molecule has 110 valence electrons. The Kier molecular flexibility index (Phi) is 3.02. The lowest BCUT2D eigenvalue weighted by Gasteiger charge is -2.28. The number of aromatic nitrogens is 1. The molecule has 0 aliphatic heterocycles. The quantitative estimate of drug-likeness (QED) is 0.885. The molecule has 1 aromatic carbocycles. The summed E-state index contributed by atoms with van der Waals surface area (Å²) in [6.45, 7) is 2.18. The van der Waals surface area contributed by atoms with Crippen molar-refractivity contribution in [3.05, 3.63) is 36.0 Å². The minimum atomic E-state index is 0.0572. The van der Waals surface area contributed by atoms with Crippen LogP contribution >= 0.6 is 0 Å². The SMILES string of the molecule is CC(NC(=O)c1ccc2cc[nH]c2c1)C1CC2CCC1C2. The van der Waals surface area contributed by atoms with Crippen LogP contribution in [0, 0.1) is 17.8 Å². The lowest BCUT2D eigenvalue weighted by atomic mass is 9.84. The fourth-order valence-electron chi connectivity index (χ4n) is 4.49. The highest BCUT2D eigenvalue weighted by Crippen LogP contribution is 2.49. The summed E-state index contributed by atoms with van der Waals surface area (Å²) in [5.41, 5.74) is 1.77. The van der Waals surface area contributed by atoms with Gasteiger partial charge in [0.15, 0.2) is 0 Å². The molecule has 3 heteroatoms. The number of H-pyrrole nitrogens is 1. The third kappa shape index (κ3) is 2.25. The molecular weight excluding hydrogens is 260 g/mol. The molecule has 1 aromatic heterocycles. The summed E-state index contributed by atoms with van der Waals surface area (Å²) >= 11 is 0. The summed E-state index contributed by atoms with van der Waals surface area (Å²) in [6, 6.07) is 8.17. The maximum Gasteiger partial charge on any atom is 0.251 e. The molecule has 2 bridgehead atoms. The number of fused-ring (bicyclic) bond motifs is 3. The number of aromatic amines is 1. The molecule has 0 radical (unpaired) electrons.